The molecular formula is C17H32N2. The number of nitrogens with zero attached hydrogens (tertiary/aromatic N) is 1. The summed E-state index contributed by atoms with van der Waals surface area (Å²) in [5.74, 6) is 0.961. The molecule has 3 fully saturated rings. The van der Waals surface area contributed by atoms with Crippen LogP contribution in [0.5, 0.6) is 0 Å². The van der Waals surface area contributed by atoms with E-state index in [0.717, 1.165) is 17.4 Å². The van der Waals surface area contributed by atoms with Crippen molar-refractivity contribution in [2.75, 3.05) is 26.2 Å². The molecule has 0 aromatic rings. The van der Waals surface area contributed by atoms with Crippen LogP contribution in [-0.4, -0.2) is 37.1 Å². The zero-order valence-electron chi connectivity index (χ0n) is 12.8. The minimum atomic E-state index is 0.751. The second-order valence-corrected chi connectivity index (χ2v) is 7.26. The Hall–Kier alpha value is -0.0800. The molecule has 19 heavy (non-hydrogen) atoms. The highest BCUT2D eigenvalue weighted by atomic mass is 15.2. The summed E-state index contributed by atoms with van der Waals surface area (Å²) >= 11 is 0. The van der Waals surface area contributed by atoms with E-state index in [1.165, 1.54) is 84.0 Å². The van der Waals surface area contributed by atoms with E-state index in [1.54, 1.807) is 0 Å². The summed E-state index contributed by atoms with van der Waals surface area (Å²) < 4.78 is 0. The lowest BCUT2D eigenvalue weighted by Crippen LogP contribution is -2.57. The molecule has 2 nitrogen and oxygen atoms in total. The second-order valence-electron chi connectivity index (χ2n) is 7.26. The van der Waals surface area contributed by atoms with Gasteiger partial charge in [-0.3, -0.25) is 4.90 Å². The van der Waals surface area contributed by atoms with Crippen LogP contribution in [-0.2, 0) is 0 Å². The lowest BCUT2D eigenvalue weighted by atomic mass is 9.56. The SMILES string of the molecule is CCN(CC1CCNCC1)C1CCC12CCCCC2. The topological polar surface area (TPSA) is 15.3 Å². The molecule has 110 valence electrons. The fourth-order valence-corrected chi connectivity index (χ4v) is 4.96. The van der Waals surface area contributed by atoms with Crippen LogP contribution in [0.15, 0.2) is 0 Å². The summed E-state index contributed by atoms with van der Waals surface area (Å²) in [6, 6.07) is 0.938. The Balaban J connectivity index is 1.58. The second kappa shape index (κ2) is 6.13. The Labute approximate surface area is 119 Å². The first kappa shape index (κ1) is 13.9. The Morgan fingerprint density at radius 3 is 2.32 bits per heavy atom. The largest absolute Gasteiger partial charge is 0.317 e. The van der Waals surface area contributed by atoms with Crippen molar-refractivity contribution < 1.29 is 0 Å². The quantitative estimate of drug-likeness (QED) is 0.837. The molecular weight excluding hydrogens is 232 g/mol. The molecule has 1 aliphatic heterocycles. The third kappa shape index (κ3) is 2.85. The Morgan fingerprint density at radius 2 is 1.74 bits per heavy atom. The molecule has 0 radical (unpaired) electrons. The first-order valence-electron chi connectivity index (χ1n) is 8.79. The van der Waals surface area contributed by atoms with Crippen LogP contribution in [0, 0.1) is 11.3 Å². The first-order chi connectivity index (χ1) is 9.34. The molecule has 3 rings (SSSR count). The van der Waals surface area contributed by atoms with Gasteiger partial charge in [0.1, 0.15) is 0 Å². The summed E-state index contributed by atoms with van der Waals surface area (Å²) in [5.41, 5.74) is 0.751. The zero-order valence-corrected chi connectivity index (χ0v) is 12.8. The third-order valence-electron chi connectivity index (χ3n) is 6.27. The van der Waals surface area contributed by atoms with Gasteiger partial charge in [0.05, 0.1) is 0 Å². The van der Waals surface area contributed by atoms with E-state index in [2.05, 4.69) is 17.1 Å². The monoisotopic (exact) mass is 264 g/mol. The predicted octanol–water partition coefficient (Wildman–Crippen LogP) is 3.42. The maximum atomic E-state index is 3.50. The predicted molar refractivity (Wildman–Crippen MR) is 81.4 cm³/mol. The molecule has 1 unspecified atom stereocenters. The minimum Gasteiger partial charge on any atom is -0.317 e. The summed E-state index contributed by atoms with van der Waals surface area (Å²) in [6.45, 7) is 7.53. The van der Waals surface area contributed by atoms with E-state index in [0.29, 0.717) is 0 Å². The molecule has 0 aromatic heterocycles. The van der Waals surface area contributed by atoms with Crippen LogP contribution in [0.1, 0.15) is 64.7 Å². The fourth-order valence-electron chi connectivity index (χ4n) is 4.96. The van der Waals surface area contributed by atoms with Gasteiger partial charge in [-0.1, -0.05) is 26.2 Å². The van der Waals surface area contributed by atoms with E-state index >= 15 is 0 Å². The van der Waals surface area contributed by atoms with Gasteiger partial charge in [0, 0.05) is 12.6 Å². The van der Waals surface area contributed by atoms with Gasteiger partial charge >= 0.3 is 0 Å². The highest BCUT2D eigenvalue weighted by Crippen LogP contribution is 2.53. The molecule has 0 bridgehead atoms. The average Bonchev–Trinajstić information content (AvgIpc) is 2.47. The van der Waals surface area contributed by atoms with Gasteiger partial charge in [-0.2, -0.15) is 0 Å². The lowest BCUT2D eigenvalue weighted by molar-refractivity contribution is -0.0574. The van der Waals surface area contributed by atoms with Crippen molar-refractivity contribution in [1.82, 2.24) is 10.2 Å². The van der Waals surface area contributed by atoms with Crippen LogP contribution in [0.25, 0.3) is 0 Å². The van der Waals surface area contributed by atoms with Crippen LogP contribution in [0.4, 0.5) is 0 Å². The van der Waals surface area contributed by atoms with E-state index in [1.807, 2.05) is 0 Å². The van der Waals surface area contributed by atoms with Gasteiger partial charge in [0.2, 0.25) is 0 Å². The average molecular weight is 264 g/mol. The van der Waals surface area contributed by atoms with Crippen molar-refractivity contribution in [1.29, 1.82) is 0 Å². The van der Waals surface area contributed by atoms with Crippen molar-refractivity contribution in [2.24, 2.45) is 11.3 Å². The molecule has 0 amide bonds. The molecule has 0 aromatic carbocycles. The fraction of sp³-hybridized carbons (Fsp3) is 1.00. The Bertz CT molecular complexity index is 277. The molecule has 1 heterocycles. The first-order valence-corrected chi connectivity index (χ1v) is 8.79. The number of rotatable bonds is 4. The van der Waals surface area contributed by atoms with Crippen LogP contribution in [0.2, 0.25) is 0 Å². The summed E-state index contributed by atoms with van der Waals surface area (Å²) in [5, 5.41) is 3.50. The number of hydrogen-bond acceptors (Lipinski definition) is 2. The lowest BCUT2D eigenvalue weighted by Gasteiger charge is -2.57. The number of nitrogens with one attached hydrogen (secondary N) is 1. The highest BCUT2D eigenvalue weighted by Gasteiger charge is 2.49. The van der Waals surface area contributed by atoms with E-state index in [9.17, 15) is 0 Å². The smallest absolute Gasteiger partial charge is 0.0152 e. The van der Waals surface area contributed by atoms with Crippen molar-refractivity contribution in [3.05, 3.63) is 0 Å². The summed E-state index contributed by atoms with van der Waals surface area (Å²) in [4.78, 5) is 2.87. The van der Waals surface area contributed by atoms with Gasteiger partial charge in [0.15, 0.2) is 0 Å². The molecule has 1 spiro atoms. The zero-order chi connectivity index (χ0) is 13.1. The van der Waals surface area contributed by atoms with Crippen LogP contribution < -0.4 is 5.32 Å². The molecule has 2 heteroatoms. The van der Waals surface area contributed by atoms with E-state index in [4.69, 9.17) is 0 Å². The van der Waals surface area contributed by atoms with Gasteiger partial charge in [-0.15, -0.1) is 0 Å². The Kier molecular flexibility index (Phi) is 4.48. The summed E-state index contributed by atoms with van der Waals surface area (Å²) in [6.07, 6.45) is 13.4. The van der Waals surface area contributed by atoms with Gasteiger partial charge < -0.3 is 5.32 Å². The summed E-state index contributed by atoms with van der Waals surface area (Å²) in [7, 11) is 0. The third-order valence-corrected chi connectivity index (χ3v) is 6.27. The molecule has 1 atom stereocenters. The molecule has 2 aliphatic carbocycles. The van der Waals surface area contributed by atoms with Crippen molar-refractivity contribution >= 4 is 0 Å². The van der Waals surface area contributed by atoms with Crippen molar-refractivity contribution in [3.63, 3.8) is 0 Å². The van der Waals surface area contributed by atoms with E-state index in [-0.39, 0.29) is 0 Å². The highest BCUT2D eigenvalue weighted by molar-refractivity contribution is 5.02. The number of piperidine rings is 1. The van der Waals surface area contributed by atoms with Gasteiger partial charge in [0.25, 0.3) is 0 Å². The normalized spacial score (nSPS) is 31.6. The van der Waals surface area contributed by atoms with Crippen LogP contribution in [0.3, 0.4) is 0 Å². The molecule has 1 saturated heterocycles. The molecule has 1 N–H and O–H groups in total. The molecule has 2 saturated carbocycles. The van der Waals surface area contributed by atoms with E-state index < -0.39 is 0 Å². The van der Waals surface area contributed by atoms with Crippen molar-refractivity contribution in [3.8, 4) is 0 Å². The minimum absolute atomic E-state index is 0.751. The van der Waals surface area contributed by atoms with Gasteiger partial charge in [-0.05, 0) is 69.5 Å². The number of hydrogen-bond donors (Lipinski definition) is 1. The standard InChI is InChI=1S/C17H32N2/c1-2-19(14-15-7-12-18-13-8-15)16-6-11-17(16)9-4-3-5-10-17/h15-16,18H,2-14H2,1H3. The van der Waals surface area contributed by atoms with Crippen LogP contribution >= 0.6 is 0 Å². The molecule has 3 aliphatic rings. The maximum Gasteiger partial charge on any atom is 0.0152 e. The maximum absolute atomic E-state index is 3.50. The van der Waals surface area contributed by atoms with Crippen molar-refractivity contribution in [2.45, 2.75) is 70.8 Å². The Morgan fingerprint density at radius 1 is 1.00 bits per heavy atom. The van der Waals surface area contributed by atoms with Gasteiger partial charge in [-0.25, -0.2) is 0 Å².